The molecule has 2 aromatic rings. The second-order valence-electron chi connectivity index (χ2n) is 3.74. The third-order valence-electron chi connectivity index (χ3n) is 2.64. The predicted molar refractivity (Wildman–Crippen MR) is 72.2 cm³/mol. The van der Waals surface area contributed by atoms with E-state index in [-0.39, 0.29) is 17.4 Å². The number of benzene rings is 2. The average Bonchev–Trinajstić information content (AvgIpc) is 2.48. The minimum atomic E-state index is -0.125. The van der Waals surface area contributed by atoms with Gasteiger partial charge in [-0.15, -0.1) is 0 Å². The van der Waals surface area contributed by atoms with Crippen molar-refractivity contribution in [1.82, 2.24) is 0 Å². The fraction of sp³-hybridized carbons (Fsp3) is 0.0667. The van der Waals surface area contributed by atoms with E-state index in [2.05, 4.69) is 9.98 Å². The van der Waals surface area contributed by atoms with Crippen molar-refractivity contribution < 1.29 is 12.3 Å². The first kappa shape index (κ1) is 10.2. The molecule has 0 aliphatic heterocycles. The summed E-state index contributed by atoms with van der Waals surface area (Å²) in [5.74, 6) is 0. The van der Waals surface area contributed by atoms with E-state index in [1.54, 1.807) is 37.3 Å². The lowest BCUT2D eigenvalue weighted by atomic mass is 9.98. The van der Waals surface area contributed by atoms with Crippen molar-refractivity contribution in [3.63, 3.8) is 0 Å². The van der Waals surface area contributed by atoms with Gasteiger partial charge in [-0.05, 0) is 35.7 Å². The van der Waals surface area contributed by atoms with Crippen LogP contribution in [-0.4, -0.2) is 12.2 Å². The molecule has 0 aliphatic carbocycles. The largest absolute Gasteiger partial charge is 0.240 e. The first-order valence-electron chi connectivity index (χ1n) is 6.45. The SMILES string of the molecule is [2H]c1ccc(-c2cc(N=C=O)c([2H])c(N=C=O)c2C)cc1. The van der Waals surface area contributed by atoms with Crippen LogP contribution in [0.1, 0.15) is 8.30 Å². The monoisotopic (exact) mass is 252 g/mol. The van der Waals surface area contributed by atoms with Gasteiger partial charge in [0.2, 0.25) is 12.2 Å². The second-order valence-corrected chi connectivity index (χ2v) is 3.74. The van der Waals surface area contributed by atoms with Crippen molar-refractivity contribution in [2.45, 2.75) is 6.92 Å². The Labute approximate surface area is 113 Å². The number of carbonyl (C=O) groups excluding carboxylic acids is 2. The molecule has 0 heterocycles. The summed E-state index contributed by atoms with van der Waals surface area (Å²) >= 11 is 0. The Morgan fingerprint density at radius 1 is 1.16 bits per heavy atom. The molecule has 0 radical (unpaired) electrons. The normalized spacial score (nSPS) is 10.8. The molecule has 0 aromatic heterocycles. The maximum atomic E-state index is 10.5. The Kier molecular flexibility index (Phi) is 3.04. The van der Waals surface area contributed by atoms with Crippen molar-refractivity contribution in [1.29, 1.82) is 0 Å². The van der Waals surface area contributed by atoms with E-state index in [4.69, 9.17) is 2.74 Å². The Balaban J connectivity index is 2.79. The number of isocyanates is 2. The van der Waals surface area contributed by atoms with E-state index in [0.29, 0.717) is 17.2 Å². The zero-order valence-electron chi connectivity index (χ0n) is 12.1. The molecule has 4 nitrogen and oxygen atoms in total. The quantitative estimate of drug-likeness (QED) is 0.619. The van der Waals surface area contributed by atoms with E-state index >= 15 is 0 Å². The van der Waals surface area contributed by atoms with Crippen LogP contribution in [0.5, 0.6) is 0 Å². The third-order valence-corrected chi connectivity index (χ3v) is 2.64. The Bertz CT molecular complexity index is 788. The predicted octanol–water partition coefficient (Wildman–Crippen LogP) is 3.60. The van der Waals surface area contributed by atoms with Crippen molar-refractivity contribution >= 4 is 23.5 Å². The molecule has 19 heavy (non-hydrogen) atoms. The molecule has 4 heteroatoms. The minimum absolute atomic E-state index is 0.0783. The van der Waals surface area contributed by atoms with Gasteiger partial charge in [-0.25, -0.2) is 9.59 Å². The first-order chi connectivity index (χ1) is 10.1. The highest BCUT2D eigenvalue weighted by atomic mass is 16.1. The number of hydrogen-bond donors (Lipinski definition) is 0. The Morgan fingerprint density at radius 2 is 1.84 bits per heavy atom. The average molecular weight is 252 g/mol. The summed E-state index contributed by atoms with van der Waals surface area (Å²) in [6.45, 7) is 1.71. The molecule has 0 saturated heterocycles. The highest BCUT2D eigenvalue weighted by molar-refractivity contribution is 5.78. The molecule has 2 aromatic carbocycles. The zero-order valence-corrected chi connectivity index (χ0v) is 10.1. The second kappa shape index (κ2) is 5.69. The van der Waals surface area contributed by atoms with Gasteiger partial charge in [0, 0.05) is 0 Å². The number of nitrogens with zero attached hydrogens (tertiary/aromatic N) is 2. The summed E-state index contributed by atoms with van der Waals surface area (Å²) in [5.41, 5.74) is 2.24. The van der Waals surface area contributed by atoms with Crippen molar-refractivity contribution in [3.8, 4) is 11.1 Å². The highest BCUT2D eigenvalue weighted by Gasteiger charge is 2.08. The molecule has 0 spiro atoms. The molecule has 0 unspecified atom stereocenters. The van der Waals surface area contributed by atoms with E-state index in [1.165, 1.54) is 12.2 Å². The van der Waals surface area contributed by atoms with Gasteiger partial charge in [-0.2, -0.15) is 9.98 Å². The zero-order chi connectivity index (χ0) is 15.4. The van der Waals surface area contributed by atoms with Gasteiger partial charge in [0.25, 0.3) is 0 Å². The lowest BCUT2D eigenvalue weighted by molar-refractivity contribution is 0.565. The maximum Gasteiger partial charge on any atom is 0.240 e. The Morgan fingerprint density at radius 3 is 2.47 bits per heavy atom. The smallest absolute Gasteiger partial charge is 0.211 e. The fourth-order valence-corrected chi connectivity index (χ4v) is 1.76. The molecular formula is C15H10N2O2. The summed E-state index contributed by atoms with van der Waals surface area (Å²) in [6, 6.07) is 8.51. The fourth-order valence-electron chi connectivity index (χ4n) is 1.76. The number of hydrogen-bond acceptors (Lipinski definition) is 4. The van der Waals surface area contributed by atoms with E-state index in [0.717, 1.165) is 5.56 Å². The topological polar surface area (TPSA) is 58.9 Å². The van der Waals surface area contributed by atoms with E-state index in [9.17, 15) is 9.59 Å². The number of aliphatic imine (C=N–C) groups is 2. The summed E-state index contributed by atoms with van der Waals surface area (Å²) in [5, 5.41) is 0. The van der Waals surface area contributed by atoms with Crippen LogP contribution in [0.15, 0.2) is 52.4 Å². The number of rotatable bonds is 3. The molecule has 0 bridgehead atoms. The van der Waals surface area contributed by atoms with Crippen molar-refractivity contribution in [2.75, 3.05) is 0 Å². The van der Waals surface area contributed by atoms with Gasteiger partial charge in [-0.1, -0.05) is 30.3 Å². The summed E-state index contributed by atoms with van der Waals surface area (Å²) in [7, 11) is 0. The standard InChI is InChI=1S/C15H10N2O2/c1-11-14(12-5-3-2-4-6-12)7-13(16-9-18)8-15(11)17-10-19/h2-8H,1H3/i2D,8D. The van der Waals surface area contributed by atoms with E-state index < -0.39 is 0 Å². The van der Waals surface area contributed by atoms with Gasteiger partial charge >= 0.3 is 0 Å². The van der Waals surface area contributed by atoms with Gasteiger partial charge in [0.05, 0.1) is 14.1 Å². The molecule has 0 amide bonds. The molecule has 92 valence electrons. The van der Waals surface area contributed by atoms with Crippen molar-refractivity contribution in [2.24, 2.45) is 9.98 Å². The van der Waals surface area contributed by atoms with Crippen LogP contribution < -0.4 is 0 Å². The highest BCUT2D eigenvalue weighted by Crippen LogP contribution is 2.34. The van der Waals surface area contributed by atoms with E-state index in [1.807, 2.05) is 0 Å². The van der Waals surface area contributed by atoms with Crippen molar-refractivity contribution in [3.05, 3.63) is 48.0 Å². The van der Waals surface area contributed by atoms with Gasteiger partial charge in [0.15, 0.2) is 0 Å². The minimum Gasteiger partial charge on any atom is -0.211 e. The third kappa shape index (κ3) is 2.72. The van der Waals surface area contributed by atoms with Crippen LogP contribution in [0.3, 0.4) is 0 Å². The van der Waals surface area contributed by atoms with Gasteiger partial charge in [0.1, 0.15) is 0 Å². The van der Waals surface area contributed by atoms with Gasteiger partial charge < -0.3 is 0 Å². The Hall–Kier alpha value is -2.80. The van der Waals surface area contributed by atoms with Crippen LogP contribution in [-0.2, 0) is 9.59 Å². The molecular weight excluding hydrogens is 240 g/mol. The first-order valence-corrected chi connectivity index (χ1v) is 5.45. The van der Waals surface area contributed by atoms with Crippen LogP contribution >= 0.6 is 0 Å². The van der Waals surface area contributed by atoms with Crippen LogP contribution in [0.25, 0.3) is 11.1 Å². The molecule has 0 N–H and O–H groups in total. The summed E-state index contributed by atoms with van der Waals surface area (Å²) in [6.07, 6.45) is 2.79. The van der Waals surface area contributed by atoms with Crippen LogP contribution in [0.2, 0.25) is 0 Å². The van der Waals surface area contributed by atoms with Gasteiger partial charge in [-0.3, -0.25) is 0 Å². The van der Waals surface area contributed by atoms with Crippen LogP contribution in [0, 0.1) is 6.92 Å². The molecule has 2 rings (SSSR count). The summed E-state index contributed by atoms with van der Waals surface area (Å²) < 4.78 is 15.4. The van der Waals surface area contributed by atoms with Crippen LogP contribution in [0.4, 0.5) is 11.4 Å². The summed E-state index contributed by atoms with van der Waals surface area (Å²) in [4.78, 5) is 28.0. The molecule has 0 aliphatic rings. The lowest BCUT2D eigenvalue weighted by Crippen LogP contribution is -1.84. The lowest BCUT2D eigenvalue weighted by Gasteiger charge is -2.09. The maximum absolute atomic E-state index is 10.5. The molecule has 0 fully saturated rings. The molecule has 0 atom stereocenters. The molecule has 0 saturated carbocycles.